The molecule has 1 aromatic heterocycles. The lowest BCUT2D eigenvalue weighted by Crippen LogP contribution is -2.46. The van der Waals surface area contributed by atoms with Crippen LogP contribution in [0.2, 0.25) is 0 Å². The molecule has 3 aliphatic rings. The van der Waals surface area contributed by atoms with Crippen LogP contribution >= 0.6 is 0 Å². The summed E-state index contributed by atoms with van der Waals surface area (Å²) in [6, 6.07) is 10.6. The number of rotatable bonds is 4. The van der Waals surface area contributed by atoms with Crippen LogP contribution in [0.4, 0.5) is 0 Å². The van der Waals surface area contributed by atoms with Crippen molar-refractivity contribution in [1.82, 2.24) is 13.6 Å². The molecule has 3 heterocycles. The fourth-order valence-corrected chi connectivity index (χ4v) is 8.37. The first kappa shape index (κ1) is 18.2. The van der Waals surface area contributed by atoms with Gasteiger partial charge in [-0.05, 0) is 42.5 Å². The van der Waals surface area contributed by atoms with E-state index in [1.165, 1.54) is 8.61 Å². The van der Waals surface area contributed by atoms with Gasteiger partial charge in [-0.2, -0.15) is 8.61 Å². The number of aromatic nitrogens is 1. The number of fused-ring (bicyclic) bond motifs is 2. The molecule has 7 nitrogen and oxygen atoms in total. The van der Waals surface area contributed by atoms with Crippen LogP contribution in [0.3, 0.4) is 0 Å². The van der Waals surface area contributed by atoms with E-state index < -0.39 is 25.6 Å². The van der Waals surface area contributed by atoms with Gasteiger partial charge in [0.1, 0.15) is 0 Å². The highest BCUT2D eigenvalue weighted by molar-refractivity contribution is 7.90. The molecule has 1 aromatic carbocycles. The maximum Gasteiger partial charge on any atom is 0.244 e. The molecule has 0 amide bonds. The average molecular weight is 420 g/mol. The van der Waals surface area contributed by atoms with Crippen molar-refractivity contribution in [2.75, 3.05) is 13.1 Å². The highest BCUT2D eigenvalue weighted by Crippen LogP contribution is 2.51. The minimum absolute atomic E-state index is 0.169. The minimum atomic E-state index is -3.73. The van der Waals surface area contributed by atoms with Crippen molar-refractivity contribution in [2.24, 2.45) is 0 Å². The van der Waals surface area contributed by atoms with E-state index >= 15 is 0 Å². The Morgan fingerprint density at radius 1 is 1.14 bits per heavy atom. The van der Waals surface area contributed by atoms with Crippen molar-refractivity contribution < 1.29 is 16.8 Å². The molecule has 1 saturated carbocycles. The van der Waals surface area contributed by atoms with Crippen molar-refractivity contribution >= 4 is 20.0 Å². The summed E-state index contributed by atoms with van der Waals surface area (Å²) in [4.78, 5) is 4.38. The van der Waals surface area contributed by atoms with E-state index in [0.29, 0.717) is 31.4 Å². The van der Waals surface area contributed by atoms with Crippen LogP contribution in [0.1, 0.15) is 30.4 Å². The molecule has 1 saturated heterocycles. The Balaban J connectivity index is 1.61. The number of nitrogens with zero attached hydrogens (tertiary/aromatic N) is 3. The predicted octanol–water partition coefficient (Wildman–Crippen LogP) is 1.68. The van der Waals surface area contributed by atoms with E-state index in [4.69, 9.17) is 0 Å². The normalized spacial score (nSPS) is 27.3. The second-order valence-corrected chi connectivity index (χ2v) is 11.8. The zero-order chi connectivity index (χ0) is 19.6. The summed E-state index contributed by atoms with van der Waals surface area (Å²) in [5, 5.41) is -0.303. The minimum Gasteiger partial charge on any atom is -0.264 e. The van der Waals surface area contributed by atoms with Crippen LogP contribution in [-0.4, -0.2) is 48.8 Å². The first-order valence-corrected chi connectivity index (χ1v) is 12.3. The van der Waals surface area contributed by atoms with Gasteiger partial charge in [0.05, 0.1) is 15.7 Å². The third kappa shape index (κ3) is 2.57. The number of hydrogen-bond acceptors (Lipinski definition) is 5. The van der Waals surface area contributed by atoms with Crippen LogP contribution < -0.4 is 0 Å². The molecular weight excluding hydrogens is 398 g/mol. The van der Waals surface area contributed by atoms with Crippen molar-refractivity contribution in [1.29, 1.82) is 0 Å². The third-order valence-corrected chi connectivity index (χ3v) is 10.3. The van der Waals surface area contributed by atoms with Crippen LogP contribution in [0.25, 0.3) is 0 Å². The summed E-state index contributed by atoms with van der Waals surface area (Å²) in [6.07, 6.45) is 5.14. The number of hydrogen-bond donors (Lipinski definition) is 0. The molecule has 0 N–H and O–H groups in total. The molecule has 28 heavy (non-hydrogen) atoms. The summed E-state index contributed by atoms with van der Waals surface area (Å²) < 4.78 is 55.4. The van der Waals surface area contributed by atoms with E-state index in [-0.39, 0.29) is 23.2 Å². The van der Waals surface area contributed by atoms with Gasteiger partial charge in [-0.25, -0.2) is 16.8 Å². The molecule has 2 aromatic rings. The molecule has 148 valence electrons. The number of sulfonamides is 2. The summed E-state index contributed by atoms with van der Waals surface area (Å²) in [5.41, 5.74) is 0.613. The third-order valence-electron chi connectivity index (χ3n) is 6.00. The Bertz CT molecular complexity index is 1130. The maximum atomic E-state index is 13.4. The Morgan fingerprint density at radius 2 is 1.93 bits per heavy atom. The molecular formula is C19H21N3O4S2. The van der Waals surface area contributed by atoms with Crippen LogP contribution in [-0.2, 0) is 32.1 Å². The van der Waals surface area contributed by atoms with Crippen molar-refractivity contribution in [3.8, 4) is 0 Å². The average Bonchev–Trinajstić information content (AvgIpc) is 3.43. The van der Waals surface area contributed by atoms with Crippen LogP contribution in [0.15, 0.2) is 53.7 Å². The smallest absolute Gasteiger partial charge is 0.244 e. The fourth-order valence-electron chi connectivity index (χ4n) is 4.43. The first-order chi connectivity index (χ1) is 13.4. The van der Waals surface area contributed by atoms with Gasteiger partial charge in [0.25, 0.3) is 0 Å². The first-order valence-electron chi connectivity index (χ1n) is 9.36. The second kappa shape index (κ2) is 6.09. The van der Waals surface area contributed by atoms with E-state index in [0.717, 1.165) is 5.56 Å². The van der Waals surface area contributed by atoms with Crippen LogP contribution in [0.5, 0.6) is 0 Å². The lowest BCUT2D eigenvalue weighted by molar-refractivity contribution is 0.203. The predicted molar refractivity (Wildman–Crippen MR) is 103 cm³/mol. The lowest BCUT2D eigenvalue weighted by Gasteiger charge is -2.34. The SMILES string of the molecule is O=S1(=O)c2ccccc2[C@]2(CCN(S(=O)(=O)C3CC3)C2)N1Cc1cccnc1. The molecule has 0 radical (unpaired) electrons. The zero-order valence-electron chi connectivity index (χ0n) is 15.2. The van der Waals surface area contributed by atoms with Gasteiger partial charge in [0, 0.05) is 32.0 Å². The van der Waals surface area contributed by atoms with Gasteiger partial charge in [0.2, 0.25) is 20.0 Å². The van der Waals surface area contributed by atoms with Crippen molar-refractivity contribution in [3.05, 3.63) is 59.9 Å². The summed E-state index contributed by atoms with van der Waals surface area (Å²) in [7, 11) is -7.09. The van der Waals surface area contributed by atoms with Gasteiger partial charge in [-0.3, -0.25) is 4.98 Å². The Morgan fingerprint density at radius 3 is 2.64 bits per heavy atom. The molecule has 1 aliphatic carbocycles. The van der Waals surface area contributed by atoms with E-state index in [1.54, 1.807) is 30.6 Å². The van der Waals surface area contributed by atoms with Gasteiger partial charge in [-0.1, -0.05) is 24.3 Å². The van der Waals surface area contributed by atoms with Gasteiger partial charge >= 0.3 is 0 Å². The highest BCUT2D eigenvalue weighted by atomic mass is 32.2. The van der Waals surface area contributed by atoms with E-state index in [2.05, 4.69) is 4.98 Å². The topological polar surface area (TPSA) is 87.7 Å². The monoisotopic (exact) mass is 419 g/mol. The summed E-state index contributed by atoms with van der Waals surface area (Å²) in [6.45, 7) is 0.677. The lowest BCUT2D eigenvalue weighted by atomic mass is 9.89. The molecule has 0 unspecified atom stereocenters. The number of pyridine rings is 1. The van der Waals surface area contributed by atoms with Gasteiger partial charge in [0.15, 0.2) is 0 Å². The van der Waals surface area contributed by atoms with Gasteiger partial charge in [-0.15, -0.1) is 0 Å². The summed E-state index contributed by atoms with van der Waals surface area (Å²) >= 11 is 0. The van der Waals surface area contributed by atoms with E-state index in [9.17, 15) is 16.8 Å². The Labute approximate surface area is 165 Å². The van der Waals surface area contributed by atoms with Crippen molar-refractivity contribution in [3.63, 3.8) is 0 Å². The second-order valence-electron chi connectivity index (χ2n) is 7.73. The van der Waals surface area contributed by atoms with E-state index in [1.807, 2.05) is 18.2 Å². The largest absolute Gasteiger partial charge is 0.264 e. The fraction of sp³-hybridized carbons (Fsp3) is 0.421. The molecule has 9 heteroatoms. The maximum absolute atomic E-state index is 13.4. The van der Waals surface area contributed by atoms with Crippen molar-refractivity contribution in [2.45, 2.75) is 41.5 Å². The van der Waals surface area contributed by atoms with Crippen LogP contribution in [0, 0.1) is 0 Å². The standard InChI is InChI=1S/C19H21N3O4S2/c23-27(24,16-7-8-16)21-11-9-19(14-21)17-5-1-2-6-18(17)28(25,26)22(19)13-15-4-3-10-20-12-15/h1-6,10,12,16H,7-9,11,13-14H2/t19-/m1/s1. The Hall–Kier alpha value is -1.81. The molecule has 0 bridgehead atoms. The summed E-state index contributed by atoms with van der Waals surface area (Å²) in [5.74, 6) is 0. The number of benzene rings is 1. The van der Waals surface area contributed by atoms with Gasteiger partial charge < -0.3 is 0 Å². The molecule has 1 atom stereocenters. The molecule has 2 fully saturated rings. The molecule has 5 rings (SSSR count). The zero-order valence-corrected chi connectivity index (χ0v) is 16.9. The molecule has 2 aliphatic heterocycles. The quantitative estimate of drug-likeness (QED) is 0.752. The Kier molecular flexibility index (Phi) is 3.97. The highest BCUT2D eigenvalue weighted by Gasteiger charge is 2.59. The molecule has 1 spiro atoms.